The summed E-state index contributed by atoms with van der Waals surface area (Å²) >= 11 is 0. The monoisotopic (exact) mass is 430 g/mol. The van der Waals surface area contributed by atoms with E-state index in [1.54, 1.807) is 18.2 Å². The van der Waals surface area contributed by atoms with Crippen LogP contribution in [0.4, 0.5) is 19.1 Å². The number of fused-ring (bicyclic) bond motifs is 1. The number of hydrogen-bond acceptors (Lipinski definition) is 3. The number of halogens is 3. The third kappa shape index (κ3) is 3.64. The van der Waals surface area contributed by atoms with Crippen molar-refractivity contribution >= 4 is 28.8 Å². The normalized spacial score (nSPS) is 14.8. The minimum absolute atomic E-state index is 0.0243. The van der Waals surface area contributed by atoms with Crippen molar-refractivity contribution in [3.8, 4) is 0 Å². The zero-order valence-electron chi connectivity index (χ0n) is 16.8. The number of anilines is 1. The molecule has 0 spiro atoms. The average molecular weight is 430 g/mol. The lowest BCUT2D eigenvalue weighted by atomic mass is 10.1. The lowest BCUT2D eigenvalue weighted by molar-refractivity contribution is -0.137. The van der Waals surface area contributed by atoms with Gasteiger partial charge in [0.1, 0.15) is 5.52 Å². The molecule has 0 bridgehead atoms. The molecule has 0 saturated heterocycles. The highest BCUT2D eigenvalue weighted by Gasteiger charge is 2.36. The Bertz CT molecular complexity index is 1160. The van der Waals surface area contributed by atoms with Crippen molar-refractivity contribution in [3.05, 3.63) is 59.2 Å². The van der Waals surface area contributed by atoms with Crippen LogP contribution in [0.15, 0.2) is 42.5 Å². The number of nitrogens with two attached hydrogens (primary N) is 1. The average Bonchev–Trinajstić information content (AvgIpc) is 3.39. The van der Waals surface area contributed by atoms with Gasteiger partial charge in [-0.25, -0.2) is 4.98 Å². The number of imidazole rings is 1. The van der Waals surface area contributed by atoms with Crippen molar-refractivity contribution in [1.82, 2.24) is 9.55 Å². The van der Waals surface area contributed by atoms with E-state index in [2.05, 4.69) is 4.98 Å². The summed E-state index contributed by atoms with van der Waals surface area (Å²) in [6.45, 7) is 0. The molecule has 1 aliphatic rings. The summed E-state index contributed by atoms with van der Waals surface area (Å²) in [6.07, 6.45) is -0.986. The first-order valence-electron chi connectivity index (χ1n) is 9.95. The number of aromatic nitrogens is 2. The first kappa shape index (κ1) is 20.9. The molecule has 9 heteroatoms. The Morgan fingerprint density at radius 2 is 1.71 bits per heavy atom. The predicted molar refractivity (Wildman–Crippen MR) is 110 cm³/mol. The van der Waals surface area contributed by atoms with Gasteiger partial charge in [0, 0.05) is 13.1 Å². The van der Waals surface area contributed by atoms with Gasteiger partial charge in [0.15, 0.2) is 0 Å². The van der Waals surface area contributed by atoms with Crippen LogP contribution in [0.2, 0.25) is 0 Å². The van der Waals surface area contributed by atoms with Crippen LogP contribution in [0, 0.1) is 0 Å². The number of carbonyl (C=O) groups is 2. The fourth-order valence-corrected chi connectivity index (χ4v) is 4.25. The summed E-state index contributed by atoms with van der Waals surface area (Å²) in [5.41, 5.74) is 5.19. The van der Waals surface area contributed by atoms with Gasteiger partial charge in [0.05, 0.1) is 22.2 Å². The van der Waals surface area contributed by atoms with Crippen LogP contribution in [-0.2, 0) is 6.18 Å². The summed E-state index contributed by atoms with van der Waals surface area (Å²) in [5, 5.41) is 0. The van der Waals surface area contributed by atoms with Crippen LogP contribution in [-0.4, -0.2) is 28.4 Å². The van der Waals surface area contributed by atoms with E-state index in [4.69, 9.17) is 5.73 Å². The van der Waals surface area contributed by atoms with Gasteiger partial charge >= 0.3 is 6.18 Å². The summed E-state index contributed by atoms with van der Waals surface area (Å²) < 4.78 is 42.2. The standard InChI is InChI=1S/C22H21F3N4O2/c1-28(20(31)14-9-4-5-11-16(14)22(23,24)25)21-27-18-15(19(26)30)10-6-12-17(18)29(21)13-7-2-3-8-13/h4-6,9-13H,2-3,7-8H2,1H3,(H2,26,30). The van der Waals surface area contributed by atoms with Gasteiger partial charge in [0.2, 0.25) is 5.95 Å². The highest BCUT2D eigenvalue weighted by atomic mass is 19.4. The zero-order valence-corrected chi connectivity index (χ0v) is 16.8. The van der Waals surface area contributed by atoms with Gasteiger partial charge in [0.25, 0.3) is 11.8 Å². The second-order valence-corrected chi connectivity index (χ2v) is 7.67. The van der Waals surface area contributed by atoms with Crippen molar-refractivity contribution in [3.63, 3.8) is 0 Å². The fourth-order valence-electron chi connectivity index (χ4n) is 4.25. The van der Waals surface area contributed by atoms with Gasteiger partial charge in [-0.05, 0) is 37.1 Å². The second-order valence-electron chi connectivity index (χ2n) is 7.67. The molecule has 1 aliphatic carbocycles. The highest BCUT2D eigenvalue weighted by Crippen LogP contribution is 2.38. The maximum Gasteiger partial charge on any atom is 0.417 e. The van der Waals surface area contributed by atoms with Gasteiger partial charge in [-0.3, -0.25) is 14.5 Å². The number of rotatable bonds is 4. The molecule has 1 heterocycles. The second kappa shape index (κ2) is 7.72. The Hall–Kier alpha value is -3.36. The van der Waals surface area contributed by atoms with Crippen molar-refractivity contribution in [2.24, 2.45) is 5.73 Å². The van der Waals surface area contributed by atoms with E-state index in [9.17, 15) is 22.8 Å². The number of carbonyl (C=O) groups excluding carboxylic acids is 2. The Labute approximate surface area is 176 Å². The minimum Gasteiger partial charge on any atom is -0.366 e. The minimum atomic E-state index is -4.67. The maximum atomic E-state index is 13.5. The van der Waals surface area contributed by atoms with Crippen LogP contribution in [0.1, 0.15) is 58.0 Å². The molecule has 0 aliphatic heterocycles. The number of hydrogen-bond donors (Lipinski definition) is 1. The number of primary amides is 1. The van der Waals surface area contributed by atoms with E-state index in [0.717, 1.165) is 42.7 Å². The van der Waals surface area contributed by atoms with Crippen LogP contribution >= 0.6 is 0 Å². The number of amides is 2. The molecule has 2 aromatic carbocycles. The third-order valence-electron chi connectivity index (χ3n) is 5.72. The Morgan fingerprint density at radius 3 is 2.35 bits per heavy atom. The van der Waals surface area contributed by atoms with E-state index >= 15 is 0 Å². The molecule has 0 atom stereocenters. The number of nitrogens with zero attached hydrogens (tertiary/aromatic N) is 3. The Balaban J connectivity index is 1.88. The van der Waals surface area contributed by atoms with Crippen LogP contribution in [0.25, 0.3) is 11.0 Å². The molecule has 1 saturated carbocycles. The molecular weight excluding hydrogens is 409 g/mol. The van der Waals surface area contributed by atoms with E-state index in [1.165, 1.54) is 19.2 Å². The quantitative estimate of drug-likeness (QED) is 0.660. The van der Waals surface area contributed by atoms with Crippen molar-refractivity contribution in [1.29, 1.82) is 0 Å². The lowest BCUT2D eigenvalue weighted by Gasteiger charge is -2.23. The highest BCUT2D eigenvalue weighted by molar-refractivity contribution is 6.08. The van der Waals surface area contributed by atoms with Gasteiger partial charge < -0.3 is 10.3 Å². The summed E-state index contributed by atoms with van der Waals surface area (Å²) in [5.74, 6) is -1.30. The van der Waals surface area contributed by atoms with Gasteiger partial charge in [-0.2, -0.15) is 13.2 Å². The molecule has 4 rings (SSSR count). The van der Waals surface area contributed by atoms with E-state index in [1.807, 2.05) is 4.57 Å². The molecule has 2 amide bonds. The lowest BCUT2D eigenvalue weighted by Crippen LogP contribution is -2.31. The van der Waals surface area contributed by atoms with E-state index in [0.29, 0.717) is 11.0 Å². The first-order valence-corrected chi connectivity index (χ1v) is 9.95. The summed E-state index contributed by atoms with van der Waals surface area (Å²) in [4.78, 5) is 30.7. The zero-order chi connectivity index (χ0) is 22.3. The molecule has 2 N–H and O–H groups in total. The first-order chi connectivity index (χ1) is 14.7. The molecule has 1 fully saturated rings. The molecular formula is C22H21F3N4O2. The molecule has 0 unspecified atom stereocenters. The van der Waals surface area contributed by atoms with Crippen molar-refractivity contribution in [2.75, 3.05) is 11.9 Å². The molecule has 0 radical (unpaired) electrons. The van der Waals surface area contributed by atoms with Crippen molar-refractivity contribution < 1.29 is 22.8 Å². The van der Waals surface area contributed by atoms with Crippen LogP contribution in [0.3, 0.4) is 0 Å². The largest absolute Gasteiger partial charge is 0.417 e. The topological polar surface area (TPSA) is 81.2 Å². The predicted octanol–water partition coefficient (Wildman–Crippen LogP) is 4.55. The molecule has 1 aromatic heterocycles. The Morgan fingerprint density at radius 1 is 1.06 bits per heavy atom. The van der Waals surface area contributed by atoms with Crippen LogP contribution in [0.5, 0.6) is 0 Å². The fraction of sp³-hybridized carbons (Fsp3) is 0.318. The summed E-state index contributed by atoms with van der Waals surface area (Å²) in [6, 6.07) is 9.69. The summed E-state index contributed by atoms with van der Waals surface area (Å²) in [7, 11) is 1.39. The number of alkyl halides is 3. The van der Waals surface area contributed by atoms with Gasteiger partial charge in [-0.15, -0.1) is 0 Å². The molecule has 3 aromatic rings. The maximum absolute atomic E-state index is 13.5. The number of benzene rings is 2. The third-order valence-corrected chi connectivity index (χ3v) is 5.72. The van der Waals surface area contributed by atoms with Crippen molar-refractivity contribution in [2.45, 2.75) is 37.9 Å². The smallest absolute Gasteiger partial charge is 0.366 e. The molecule has 162 valence electrons. The van der Waals surface area contributed by atoms with Gasteiger partial charge in [-0.1, -0.05) is 31.0 Å². The SMILES string of the molecule is CN(C(=O)c1ccccc1C(F)(F)F)c1nc2c(C(N)=O)cccc2n1C1CCCC1. The van der Waals surface area contributed by atoms with Crippen LogP contribution < -0.4 is 10.6 Å². The number of para-hydroxylation sites is 1. The molecule has 31 heavy (non-hydrogen) atoms. The van der Waals surface area contributed by atoms with E-state index < -0.39 is 29.1 Å². The molecule has 6 nitrogen and oxygen atoms in total. The Kier molecular flexibility index (Phi) is 5.20. The van der Waals surface area contributed by atoms with E-state index in [-0.39, 0.29) is 17.6 Å².